The molecule has 1 heterocycles. The van der Waals surface area contributed by atoms with E-state index in [9.17, 15) is 18.0 Å². The molecule has 10 heteroatoms. The van der Waals surface area contributed by atoms with Crippen LogP contribution in [0.2, 0.25) is 0 Å². The van der Waals surface area contributed by atoms with Crippen LogP contribution in [0.5, 0.6) is 0 Å². The molecule has 7 nitrogen and oxygen atoms in total. The summed E-state index contributed by atoms with van der Waals surface area (Å²) < 4.78 is 39.6. The van der Waals surface area contributed by atoms with E-state index in [2.05, 4.69) is 15.6 Å². The summed E-state index contributed by atoms with van der Waals surface area (Å²) in [5.41, 5.74) is 8.15. The Morgan fingerprint density at radius 2 is 1.88 bits per heavy atom. The van der Waals surface area contributed by atoms with Gasteiger partial charge in [0.2, 0.25) is 0 Å². The van der Waals surface area contributed by atoms with E-state index in [4.69, 9.17) is 11.6 Å². The Balaban J connectivity index is 1.89. The molecule has 0 saturated heterocycles. The molecule has 178 valence electrons. The summed E-state index contributed by atoms with van der Waals surface area (Å²) in [6.45, 7) is 4.08. The number of amides is 1. The molecule has 6 N–H and O–H groups in total. The maximum absolute atomic E-state index is 13.2. The first-order valence-corrected chi connectivity index (χ1v) is 10.4. The summed E-state index contributed by atoms with van der Waals surface area (Å²) in [6, 6.07) is 11.5. The Labute approximate surface area is 195 Å². The number of anilines is 3. The van der Waals surface area contributed by atoms with Crippen molar-refractivity contribution in [2.45, 2.75) is 20.0 Å². The molecule has 0 atom stereocenters. The normalized spacial score (nSPS) is 11.8. The van der Waals surface area contributed by atoms with Gasteiger partial charge in [-0.15, -0.1) is 0 Å². The molecule has 1 amide bonds. The third-order valence-electron chi connectivity index (χ3n) is 4.98. The van der Waals surface area contributed by atoms with Gasteiger partial charge >= 0.3 is 6.18 Å². The Morgan fingerprint density at radius 3 is 2.53 bits per heavy atom. The number of alkyl halides is 3. The number of pyridine rings is 1. The molecular weight excluding hydrogens is 445 g/mol. The lowest BCUT2D eigenvalue weighted by Crippen LogP contribution is -2.27. The van der Waals surface area contributed by atoms with E-state index in [0.29, 0.717) is 29.2 Å². The smallest absolute Gasteiger partial charge is 0.397 e. The number of aryl methyl sites for hydroxylation is 1. The van der Waals surface area contributed by atoms with E-state index in [-0.39, 0.29) is 11.3 Å². The molecule has 34 heavy (non-hydrogen) atoms. The van der Waals surface area contributed by atoms with Crippen molar-refractivity contribution in [3.05, 3.63) is 89.4 Å². The number of benzene rings is 2. The van der Waals surface area contributed by atoms with Gasteiger partial charge in [0, 0.05) is 36.3 Å². The van der Waals surface area contributed by atoms with Crippen LogP contribution in [-0.4, -0.2) is 17.4 Å². The summed E-state index contributed by atoms with van der Waals surface area (Å²) in [7, 11) is 0. The summed E-state index contributed by atoms with van der Waals surface area (Å²) in [5.74, 6) is 5.59. The first-order chi connectivity index (χ1) is 16.1. The quantitative estimate of drug-likeness (QED) is 0.294. The number of hydrazine groups is 1. The SMILES string of the molecule is CCNc1ccc(C(F)(F)F)cc1NC(=O)c1ccc(C)c(N(N)/C=C(\N)c2cccnc2)c1. The van der Waals surface area contributed by atoms with Crippen LogP contribution >= 0.6 is 0 Å². The number of rotatable bonds is 7. The highest BCUT2D eigenvalue weighted by molar-refractivity contribution is 6.06. The van der Waals surface area contributed by atoms with Gasteiger partial charge in [0.25, 0.3) is 5.91 Å². The first-order valence-electron chi connectivity index (χ1n) is 10.4. The third-order valence-corrected chi connectivity index (χ3v) is 4.98. The molecule has 3 aromatic rings. The van der Waals surface area contributed by atoms with E-state index in [1.54, 1.807) is 50.5 Å². The van der Waals surface area contributed by atoms with Crippen molar-refractivity contribution in [1.29, 1.82) is 0 Å². The molecular formula is C24H25F3N6O. The predicted molar refractivity (Wildman–Crippen MR) is 128 cm³/mol. The lowest BCUT2D eigenvalue weighted by atomic mass is 10.1. The van der Waals surface area contributed by atoms with Crippen LogP contribution in [-0.2, 0) is 6.18 Å². The molecule has 0 aliphatic heterocycles. The van der Waals surface area contributed by atoms with Crippen LogP contribution in [0, 0.1) is 6.92 Å². The standard InChI is InChI=1S/C24H25F3N6O/c1-3-31-20-9-8-18(24(25,26)27)12-21(20)32-23(34)16-7-6-15(2)22(11-16)33(29)14-19(28)17-5-4-10-30-13-17/h4-14,31H,3,28-29H2,1-2H3,(H,32,34)/b19-14-. The van der Waals surface area contributed by atoms with Crippen molar-refractivity contribution in [2.24, 2.45) is 11.6 Å². The number of hydrogen-bond donors (Lipinski definition) is 4. The van der Waals surface area contributed by atoms with E-state index in [0.717, 1.165) is 17.7 Å². The minimum absolute atomic E-state index is 0.0223. The summed E-state index contributed by atoms with van der Waals surface area (Å²) in [4.78, 5) is 16.9. The highest BCUT2D eigenvalue weighted by Crippen LogP contribution is 2.34. The molecule has 3 rings (SSSR count). The number of nitrogens with one attached hydrogen (secondary N) is 2. The second-order valence-corrected chi connectivity index (χ2v) is 7.48. The van der Waals surface area contributed by atoms with Crippen LogP contribution in [0.1, 0.15) is 34.0 Å². The maximum atomic E-state index is 13.2. The molecule has 0 unspecified atom stereocenters. The molecule has 0 saturated carbocycles. The minimum Gasteiger partial charge on any atom is -0.397 e. The van der Waals surface area contributed by atoms with Crippen molar-refractivity contribution in [1.82, 2.24) is 4.98 Å². The molecule has 2 aromatic carbocycles. The summed E-state index contributed by atoms with van der Waals surface area (Å²) >= 11 is 0. The fourth-order valence-corrected chi connectivity index (χ4v) is 3.22. The van der Waals surface area contributed by atoms with Crippen LogP contribution in [0.15, 0.2) is 67.1 Å². The number of aromatic nitrogens is 1. The number of carbonyl (C=O) groups excluding carboxylic acids is 1. The number of carbonyl (C=O) groups is 1. The second-order valence-electron chi connectivity index (χ2n) is 7.48. The van der Waals surface area contributed by atoms with Crippen molar-refractivity contribution in [3.63, 3.8) is 0 Å². The fourth-order valence-electron chi connectivity index (χ4n) is 3.22. The highest BCUT2D eigenvalue weighted by atomic mass is 19.4. The second kappa shape index (κ2) is 10.3. The number of nitrogens with zero attached hydrogens (tertiary/aromatic N) is 2. The summed E-state index contributed by atoms with van der Waals surface area (Å²) in [6.07, 6.45) is 0.168. The lowest BCUT2D eigenvalue weighted by Gasteiger charge is -2.19. The molecule has 0 bridgehead atoms. The Kier molecular flexibility index (Phi) is 7.42. The van der Waals surface area contributed by atoms with Gasteiger partial charge < -0.3 is 16.4 Å². The lowest BCUT2D eigenvalue weighted by molar-refractivity contribution is -0.137. The van der Waals surface area contributed by atoms with Crippen LogP contribution in [0.3, 0.4) is 0 Å². The summed E-state index contributed by atoms with van der Waals surface area (Å²) in [5, 5.41) is 6.80. The van der Waals surface area contributed by atoms with Gasteiger partial charge in [-0.2, -0.15) is 13.2 Å². The van der Waals surface area contributed by atoms with E-state index in [1.165, 1.54) is 23.3 Å². The molecule has 0 spiro atoms. The zero-order valence-corrected chi connectivity index (χ0v) is 18.6. The Morgan fingerprint density at radius 1 is 1.12 bits per heavy atom. The van der Waals surface area contributed by atoms with Crippen molar-refractivity contribution >= 4 is 28.7 Å². The van der Waals surface area contributed by atoms with Crippen molar-refractivity contribution in [3.8, 4) is 0 Å². The van der Waals surface area contributed by atoms with Gasteiger partial charge in [0.05, 0.1) is 28.3 Å². The first kappa shape index (κ1) is 24.6. The van der Waals surface area contributed by atoms with E-state index in [1.807, 2.05) is 0 Å². The van der Waals surface area contributed by atoms with Gasteiger partial charge in [-0.25, -0.2) is 5.84 Å². The van der Waals surface area contributed by atoms with Gasteiger partial charge in [-0.05, 0) is 61.9 Å². The third kappa shape index (κ3) is 5.84. The van der Waals surface area contributed by atoms with Gasteiger partial charge in [0.1, 0.15) is 0 Å². The van der Waals surface area contributed by atoms with Gasteiger partial charge in [0.15, 0.2) is 0 Å². The maximum Gasteiger partial charge on any atom is 0.416 e. The largest absolute Gasteiger partial charge is 0.416 e. The zero-order chi connectivity index (χ0) is 24.9. The molecule has 0 aliphatic carbocycles. The zero-order valence-electron chi connectivity index (χ0n) is 18.6. The van der Waals surface area contributed by atoms with Crippen molar-refractivity contribution in [2.75, 3.05) is 22.2 Å². The molecule has 0 fully saturated rings. The highest BCUT2D eigenvalue weighted by Gasteiger charge is 2.31. The average molecular weight is 470 g/mol. The number of nitrogens with two attached hydrogens (primary N) is 2. The number of hydrogen-bond acceptors (Lipinski definition) is 6. The topological polar surface area (TPSA) is 109 Å². The Hall–Kier alpha value is -4.05. The van der Waals surface area contributed by atoms with Crippen LogP contribution < -0.4 is 27.2 Å². The monoisotopic (exact) mass is 470 g/mol. The van der Waals surface area contributed by atoms with E-state index < -0.39 is 17.6 Å². The minimum atomic E-state index is -4.54. The van der Waals surface area contributed by atoms with Crippen LogP contribution in [0.25, 0.3) is 5.70 Å². The van der Waals surface area contributed by atoms with Crippen molar-refractivity contribution < 1.29 is 18.0 Å². The predicted octanol–water partition coefficient (Wildman–Crippen LogP) is 4.73. The Bertz CT molecular complexity index is 1200. The fraction of sp³-hybridized carbons (Fsp3) is 0.167. The molecule has 0 radical (unpaired) electrons. The van der Waals surface area contributed by atoms with Crippen LogP contribution in [0.4, 0.5) is 30.2 Å². The van der Waals surface area contributed by atoms with Gasteiger partial charge in [-0.1, -0.05) is 6.07 Å². The number of halogens is 3. The molecule has 1 aromatic heterocycles. The average Bonchev–Trinajstić information content (AvgIpc) is 2.80. The van der Waals surface area contributed by atoms with Gasteiger partial charge in [-0.3, -0.25) is 14.8 Å². The molecule has 0 aliphatic rings. The van der Waals surface area contributed by atoms with E-state index >= 15 is 0 Å².